The third-order valence-corrected chi connectivity index (χ3v) is 5.48. The molecule has 0 heterocycles. The van der Waals surface area contributed by atoms with Crippen LogP contribution in [0.15, 0.2) is 72.8 Å². The summed E-state index contributed by atoms with van der Waals surface area (Å²) >= 11 is 0. The van der Waals surface area contributed by atoms with Crippen LogP contribution in [0.1, 0.15) is 0 Å². The molecule has 0 aliphatic heterocycles. The van der Waals surface area contributed by atoms with E-state index in [0.29, 0.717) is 46.0 Å². The molecule has 4 rings (SSSR count). The fourth-order valence-corrected chi connectivity index (χ4v) is 3.10. The Hall–Kier alpha value is -4.81. The topological polar surface area (TPSA) is 166 Å². The summed E-state index contributed by atoms with van der Waals surface area (Å²) in [6, 6.07) is 18.3. The fourth-order valence-electron chi connectivity index (χ4n) is 3.10. The van der Waals surface area contributed by atoms with Crippen molar-refractivity contribution in [1.82, 2.24) is 0 Å². The van der Waals surface area contributed by atoms with Crippen LogP contribution in [0.2, 0.25) is 0 Å². The van der Waals surface area contributed by atoms with E-state index in [-0.39, 0.29) is 44.7 Å². The van der Waals surface area contributed by atoms with Gasteiger partial charge < -0.3 is 58.3 Å². The summed E-state index contributed by atoms with van der Waals surface area (Å²) in [5.74, 6) is 3.22. The van der Waals surface area contributed by atoms with Crippen molar-refractivity contribution in [2.45, 2.75) is 0 Å². The summed E-state index contributed by atoms with van der Waals surface area (Å²) in [5.41, 5.74) is 0. The molecule has 0 fully saturated rings. The summed E-state index contributed by atoms with van der Waals surface area (Å²) in [6.45, 7) is 0. The zero-order valence-electron chi connectivity index (χ0n) is 26.3. The van der Waals surface area contributed by atoms with Crippen LogP contribution >= 0.6 is 0 Å². The van der Waals surface area contributed by atoms with Crippen molar-refractivity contribution < 1.29 is 80.0 Å². The molecule has 0 saturated carbocycles. The molecule has 0 saturated heterocycles. The van der Waals surface area contributed by atoms with Gasteiger partial charge in [-0.3, -0.25) is 0 Å². The van der Waals surface area contributed by atoms with E-state index >= 15 is 0 Å². The minimum Gasteiger partial charge on any atom is -0.870 e. The van der Waals surface area contributed by atoms with Crippen molar-refractivity contribution in [2.24, 2.45) is 0 Å². The van der Waals surface area contributed by atoms with E-state index in [2.05, 4.69) is 0 Å². The third kappa shape index (κ3) is 13.6. The van der Waals surface area contributed by atoms with Gasteiger partial charge in [-0.05, 0) is 24.3 Å². The van der Waals surface area contributed by atoms with Crippen LogP contribution in [0.25, 0.3) is 0 Å². The minimum atomic E-state index is -0.131. The molecule has 4 aromatic rings. The Morgan fingerprint density at radius 2 is 0.489 bits per heavy atom. The molecule has 240 valence electrons. The second-order valence-electron chi connectivity index (χ2n) is 8.07. The van der Waals surface area contributed by atoms with Crippen molar-refractivity contribution in [3.63, 3.8) is 0 Å². The van der Waals surface area contributed by atoms with Crippen LogP contribution in [0.3, 0.4) is 0 Å². The van der Waals surface area contributed by atoms with Gasteiger partial charge >= 0.3 is 21.7 Å². The molecule has 0 radical (unpaired) electrons. The van der Waals surface area contributed by atoms with Crippen molar-refractivity contribution >= 4 is 0 Å². The molecule has 0 aromatic heterocycles. The van der Waals surface area contributed by atoms with Crippen molar-refractivity contribution in [2.75, 3.05) is 56.9 Å². The summed E-state index contributed by atoms with van der Waals surface area (Å²) in [6.07, 6.45) is 0. The number of ether oxygens (including phenoxy) is 8. The van der Waals surface area contributed by atoms with Crippen LogP contribution in [-0.2, 0) is 21.7 Å². The van der Waals surface area contributed by atoms with E-state index < -0.39 is 0 Å². The molecule has 0 amide bonds. The van der Waals surface area contributed by atoms with Gasteiger partial charge in [-0.15, -0.1) is 0 Å². The maximum atomic E-state index is 10.9. The number of benzene rings is 4. The van der Waals surface area contributed by atoms with Crippen LogP contribution in [0.4, 0.5) is 0 Å². The van der Waals surface area contributed by atoms with E-state index in [9.17, 15) is 20.4 Å². The number of hydrogen-bond donors (Lipinski definition) is 0. The summed E-state index contributed by atoms with van der Waals surface area (Å²) in [5, 5.41) is 43.8. The van der Waals surface area contributed by atoms with Gasteiger partial charge in [-0.2, -0.15) is 0 Å². The SMILES string of the molecule is COc1ccc([O-])c(OC)c1.COc1ccc([O-])c(OC)c1.COc1ccc([O-])c(OC)c1.COc1ccc([O-])c(OC)c1.[Ti+4]. The summed E-state index contributed by atoms with van der Waals surface area (Å²) in [4.78, 5) is 0. The van der Waals surface area contributed by atoms with Gasteiger partial charge in [-0.1, -0.05) is 47.3 Å². The molecule has 0 bridgehead atoms. The largest absolute Gasteiger partial charge is 4.00 e. The third-order valence-electron chi connectivity index (χ3n) is 5.48. The fraction of sp³-hybridized carbons (Fsp3) is 0.250. The Balaban J connectivity index is 0.000000569. The average Bonchev–Trinajstić information content (AvgIpc) is 3.06. The van der Waals surface area contributed by atoms with Crippen LogP contribution in [0.5, 0.6) is 69.0 Å². The second kappa shape index (κ2) is 21.8. The standard InChI is InChI=1S/4C8H10O3.Ti/c4*1-10-6-3-4-7(9)8(5-6)11-2;/h4*3-5,9H,1-2H3;/q;;;;+4/p-4. The predicted molar refractivity (Wildman–Crippen MR) is 156 cm³/mol. The summed E-state index contributed by atoms with van der Waals surface area (Å²) in [7, 11) is 12.0. The molecule has 0 spiro atoms. The van der Waals surface area contributed by atoms with Gasteiger partial charge in [0.1, 0.15) is 46.0 Å². The van der Waals surface area contributed by atoms with E-state index in [1.807, 2.05) is 0 Å². The van der Waals surface area contributed by atoms with E-state index in [4.69, 9.17) is 37.9 Å². The van der Waals surface area contributed by atoms with Crippen LogP contribution in [0, 0.1) is 0 Å². The predicted octanol–water partition coefficient (Wildman–Crippen LogP) is 3.11. The monoisotopic (exact) mass is 660 g/mol. The normalized spacial score (nSPS) is 9.07. The number of rotatable bonds is 8. The van der Waals surface area contributed by atoms with E-state index in [0.717, 1.165) is 0 Å². The molecular formula is C32H36O12Ti. The average molecular weight is 660 g/mol. The van der Waals surface area contributed by atoms with Gasteiger partial charge in [0.05, 0.1) is 56.9 Å². The van der Waals surface area contributed by atoms with Gasteiger partial charge in [0.15, 0.2) is 0 Å². The number of hydrogen-bond acceptors (Lipinski definition) is 12. The zero-order valence-corrected chi connectivity index (χ0v) is 27.9. The van der Waals surface area contributed by atoms with Gasteiger partial charge in [0.25, 0.3) is 0 Å². The number of methoxy groups -OCH3 is 8. The molecule has 12 nitrogen and oxygen atoms in total. The molecule has 13 heteroatoms. The maximum absolute atomic E-state index is 10.9. The molecule has 0 unspecified atom stereocenters. The van der Waals surface area contributed by atoms with Gasteiger partial charge in [0, 0.05) is 24.3 Å². The van der Waals surface area contributed by atoms with Gasteiger partial charge in [0.2, 0.25) is 0 Å². The Kier molecular flexibility index (Phi) is 19.5. The quantitative estimate of drug-likeness (QED) is 0.254. The molecule has 4 aromatic carbocycles. The zero-order chi connectivity index (χ0) is 33.1. The van der Waals surface area contributed by atoms with E-state index in [1.165, 1.54) is 52.7 Å². The molecular weight excluding hydrogens is 624 g/mol. The Morgan fingerprint density at radius 3 is 0.622 bits per heavy atom. The first-order valence-corrected chi connectivity index (χ1v) is 12.7. The maximum Gasteiger partial charge on any atom is 4.00 e. The molecule has 45 heavy (non-hydrogen) atoms. The molecule has 0 aliphatic carbocycles. The molecule has 0 N–H and O–H groups in total. The Morgan fingerprint density at radius 1 is 0.311 bits per heavy atom. The van der Waals surface area contributed by atoms with Crippen LogP contribution < -0.4 is 58.3 Å². The minimum absolute atomic E-state index is 0. The molecule has 0 atom stereocenters. The first-order valence-electron chi connectivity index (χ1n) is 12.7. The summed E-state index contributed by atoms with van der Waals surface area (Å²) < 4.78 is 38.8. The first kappa shape index (κ1) is 40.2. The first-order chi connectivity index (χ1) is 21.1. The Bertz CT molecular complexity index is 1200. The second-order valence-corrected chi connectivity index (χ2v) is 8.07. The Labute approximate surface area is 278 Å². The smallest absolute Gasteiger partial charge is 0.870 e. The van der Waals surface area contributed by atoms with Crippen molar-refractivity contribution in [1.29, 1.82) is 0 Å². The van der Waals surface area contributed by atoms with Gasteiger partial charge in [-0.25, -0.2) is 0 Å². The van der Waals surface area contributed by atoms with Crippen molar-refractivity contribution in [3.05, 3.63) is 72.8 Å². The van der Waals surface area contributed by atoms with E-state index in [1.54, 1.807) is 77.0 Å². The van der Waals surface area contributed by atoms with Crippen molar-refractivity contribution in [3.8, 4) is 69.0 Å². The molecule has 0 aliphatic rings. The van der Waals surface area contributed by atoms with Crippen LogP contribution in [-0.4, -0.2) is 56.9 Å².